The van der Waals surface area contributed by atoms with Gasteiger partial charge in [0.2, 0.25) is 11.8 Å². The molecule has 5 nitrogen and oxygen atoms in total. The summed E-state index contributed by atoms with van der Waals surface area (Å²) < 4.78 is 0. The summed E-state index contributed by atoms with van der Waals surface area (Å²) in [6.07, 6.45) is 7.85. The maximum atomic E-state index is 13.2. The fraction of sp³-hybridized carbons (Fsp3) is 0.444. The van der Waals surface area contributed by atoms with Crippen molar-refractivity contribution in [2.45, 2.75) is 76.8 Å². The van der Waals surface area contributed by atoms with E-state index in [1.54, 1.807) is 0 Å². The van der Waals surface area contributed by atoms with Crippen molar-refractivity contribution in [3.63, 3.8) is 0 Å². The van der Waals surface area contributed by atoms with Gasteiger partial charge in [-0.05, 0) is 42.0 Å². The highest BCUT2D eigenvalue weighted by molar-refractivity contribution is 5.91. The summed E-state index contributed by atoms with van der Waals surface area (Å²) in [5.41, 5.74) is 2.71. The van der Waals surface area contributed by atoms with Crippen LogP contribution in [0.15, 0.2) is 48.5 Å². The van der Waals surface area contributed by atoms with Crippen LogP contribution in [0.4, 0.5) is 0 Å². The Kier molecular flexibility index (Phi) is 8.44. The standard InChI is InChI=1S/C27H33N3O2/c1-2-3-5-12-25(31)30-27(17-8-4-9-18-27)26(32)29-20-21-13-15-22(16-14-21)24-11-7-6-10-23(24)19-28/h6-7,10-11,13-16H,2-5,8-9,12,17-18,20H2,1H3,(H,29,32)(H,30,31). The lowest BCUT2D eigenvalue weighted by atomic mass is 9.80. The van der Waals surface area contributed by atoms with Crippen LogP contribution in [0.1, 0.15) is 75.8 Å². The van der Waals surface area contributed by atoms with Crippen molar-refractivity contribution >= 4 is 11.8 Å². The Morgan fingerprint density at radius 2 is 1.72 bits per heavy atom. The zero-order valence-electron chi connectivity index (χ0n) is 19.0. The number of unbranched alkanes of at least 4 members (excludes halogenated alkanes) is 2. The highest BCUT2D eigenvalue weighted by atomic mass is 16.2. The van der Waals surface area contributed by atoms with Crippen LogP contribution < -0.4 is 10.6 Å². The molecular weight excluding hydrogens is 398 g/mol. The molecule has 0 aliphatic heterocycles. The van der Waals surface area contributed by atoms with E-state index >= 15 is 0 Å². The molecule has 0 aromatic heterocycles. The number of benzene rings is 2. The summed E-state index contributed by atoms with van der Waals surface area (Å²) in [6, 6.07) is 17.6. The largest absolute Gasteiger partial charge is 0.350 e. The van der Waals surface area contributed by atoms with E-state index < -0.39 is 5.54 Å². The second-order valence-electron chi connectivity index (χ2n) is 8.69. The molecule has 0 spiro atoms. The van der Waals surface area contributed by atoms with Gasteiger partial charge < -0.3 is 10.6 Å². The second kappa shape index (κ2) is 11.5. The van der Waals surface area contributed by atoms with Crippen LogP contribution in [0.25, 0.3) is 11.1 Å². The topological polar surface area (TPSA) is 82.0 Å². The van der Waals surface area contributed by atoms with Gasteiger partial charge in [-0.2, -0.15) is 5.26 Å². The molecule has 0 radical (unpaired) electrons. The van der Waals surface area contributed by atoms with Gasteiger partial charge in [-0.15, -0.1) is 0 Å². The third kappa shape index (κ3) is 5.97. The Balaban J connectivity index is 1.63. The Morgan fingerprint density at radius 1 is 1.00 bits per heavy atom. The minimum Gasteiger partial charge on any atom is -0.350 e. The fourth-order valence-electron chi connectivity index (χ4n) is 4.42. The van der Waals surface area contributed by atoms with Gasteiger partial charge in [0, 0.05) is 13.0 Å². The summed E-state index contributed by atoms with van der Waals surface area (Å²) in [5.74, 6) is -0.101. The third-order valence-electron chi connectivity index (χ3n) is 6.29. The molecule has 2 aromatic rings. The number of rotatable bonds is 9. The Hall–Kier alpha value is -3.13. The maximum absolute atomic E-state index is 13.2. The number of nitriles is 1. The van der Waals surface area contributed by atoms with Crippen molar-refractivity contribution < 1.29 is 9.59 Å². The van der Waals surface area contributed by atoms with Gasteiger partial charge in [0.1, 0.15) is 5.54 Å². The summed E-state index contributed by atoms with van der Waals surface area (Å²) in [4.78, 5) is 25.6. The van der Waals surface area contributed by atoms with Crippen molar-refractivity contribution in [1.82, 2.24) is 10.6 Å². The van der Waals surface area contributed by atoms with E-state index in [-0.39, 0.29) is 11.8 Å². The quantitative estimate of drug-likeness (QED) is 0.533. The molecule has 2 N–H and O–H groups in total. The number of hydrogen-bond donors (Lipinski definition) is 2. The molecule has 2 amide bonds. The minimum absolute atomic E-state index is 0.0176. The zero-order chi connectivity index (χ0) is 22.8. The van der Waals surface area contributed by atoms with Crippen molar-refractivity contribution in [3.05, 3.63) is 59.7 Å². The van der Waals surface area contributed by atoms with Gasteiger partial charge in [-0.3, -0.25) is 9.59 Å². The highest BCUT2D eigenvalue weighted by Gasteiger charge is 2.40. The van der Waals surface area contributed by atoms with Crippen molar-refractivity contribution in [3.8, 4) is 17.2 Å². The van der Waals surface area contributed by atoms with Crippen LogP contribution in [-0.2, 0) is 16.1 Å². The average molecular weight is 432 g/mol. The van der Waals surface area contributed by atoms with Crippen molar-refractivity contribution in [2.75, 3.05) is 0 Å². The molecule has 2 aromatic carbocycles. The van der Waals surface area contributed by atoms with E-state index in [9.17, 15) is 14.9 Å². The lowest BCUT2D eigenvalue weighted by molar-refractivity contribution is -0.135. The first kappa shape index (κ1) is 23.5. The smallest absolute Gasteiger partial charge is 0.246 e. The molecule has 1 fully saturated rings. The lowest BCUT2D eigenvalue weighted by Gasteiger charge is -2.36. The molecule has 0 atom stereocenters. The summed E-state index contributed by atoms with van der Waals surface area (Å²) in [6.45, 7) is 2.52. The van der Waals surface area contributed by atoms with E-state index in [2.05, 4.69) is 23.6 Å². The Morgan fingerprint density at radius 3 is 2.41 bits per heavy atom. The lowest BCUT2D eigenvalue weighted by Crippen LogP contribution is -2.59. The molecule has 168 valence electrons. The first-order valence-electron chi connectivity index (χ1n) is 11.8. The second-order valence-corrected chi connectivity index (χ2v) is 8.69. The monoisotopic (exact) mass is 431 g/mol. The number of carbonyl (C=O) groups excluding carboxylic acids is 2. The predicted octanol–water partition coefficient (Wildman–Crippen LogP) is 5.24. The van der Waals surface area contributed by atoms with Crippen molar-refractivity contribution in [1.29, 1.82) is 5.26 Å². The first-order chi connectivity index (χ1) is 15.6. The number of carbonyl (C=O) groups is 2. The van der Waals surface area contributed by atoms with Gasteiger partial charge in [0.25, 0.3) is 0 Å². The summed E-state index contributed by atoms with van der Waals surface area (Å²) in [5, 5.41) is 15.5. The molecule has 1 aliphatic carbocycles. The maximum Gasteiger partial charge on any atom is 0.246 e. The van der Waals surface area contributed by atoms with E-state index in [4.69, 9.17) is 0 Å². The number of amides is 2. The minimum atomic E-state index is -0.784. The number of hydrogen-bond acceptors (Lipinski definition) is 3. The van der Waals surface area contributed by atoms with E-state index in [0.29, 0.717) is 31.4 Å². The van der Waals surface area contributed by atoms with Crippen LogP contribution in [0.3, 0.4) is 0 Å². The van der Waals surface area contributed by atoms with Crippen LogP contribution >= 0.6 is 0 Å². The summed E-state index contributed by atoms with van der Waals surface area (Å²) >= 11 is 0. The van der Waals surface area contributed by atoms with Gasteiger partial charge in [-0.1, -0.05) is 81.5 Å². The molecule has 32 heavy (non-hydrogen) atoms. The molecular formula is C27H33N3O2. The fourth-order valence-corrected chi connectivity index (χ4v) is 4.42. The molecule has 1 aliphatic rings. The van der Waals surface area contributed by atoms with Gasteiger partial charge in [-0.25, -0.2) is 0 Å². The Labute approximate surface area is 191 Å². The SMILES string of the molecule is CCCCCC(=O)NC1(C(=O)NCc2ccc(-c3ccccc3C#N)cc2)CCCCC1. The van der Waals surface area contributed by atoms with Crippen molar-refractivity contribution in [2.24, 2.45) is 0 Å². The summed E-state index contributed by atoms with van der Waals surface area (Å²) in [7, 11) is 0. The number of nitrogens with zero attached hydrogens (tertiary/aromatic N) is 1. The van der Waals surface area contributed by atoms with Crippen LogP contribution in [0.2, 0.25) is 0 Å². The van der Waals surface area contributed by atoms with E-state index in [0.717, 1.165) is 55.2 Å². The Bertz CT molecular complexity index is 954. The number of nitrogens with one attached hydrogen (secondary N) is 2. The first-order valence-corrected chi connectivity index (χ1v) is 11.8. The molecule has 0 heterocycles. The predicted molar refractivity (Wildman–Crippen MR) is 127 cm³/mol. The highest BCUT2D eigenvalue weighted by Crippen LogP contribution is 2.29. The molecule has 0 unspecified atom stereocenters. The van der Waals surface area contributed by atoms with Crippen LogP contribution in [0, 0.1) is 11.3 Å². The zero-order valence-corrected chi connectivity index (χ0v) is 19.0. The van der Waals surface area contributed by atoms with Gasteiger partial charge in [0.15, 0.2) is 0 Å². The van der Waals surface area contributed by atoms with E-state index in [1.165, 1.54) is 0 Å². The van der Waals surface area contributed by atoms with Crippen LogP contribution in [0.5, 0.6) is 0 Å². The average Bonchev–Trinajstić information content (AvgIpc) is 2.83. The van der Waals surface area contributed by atoms with Gasteiger partial charge in [0.05, 0.1) is 11.6 Å². The normalized spacial score (nSPS) is 14.9. The van der Waals surface area contributed by atoms with E-state index in [1.807, 2.05) is 48.5 Å². The third-order valence-corrected chi connectivity index (χ3v) is 6.29. The molecule has 0 bridgehead atoms. The molecule has 5 heteroatoms. The van der Waals surface area contributed by atoms with Gasteiger partial charge >= 0.3 is 0 Å². The van der Waals surface area contributed by atoms with Crippen LogP contribution in [-0.4, -0.2) is 17.4 Å². The molecule has 1 saturated carbocycles. The molecule has 3 rings (SSSR count). The molecule has 0 saturated heterocycles.